The number of anilines is 2. The summed E-state index contributed by atoms with van der Waals surface area (Å²) in [6.07, 6.45) is 1.69. The number of hydrogen-bond donors (Lipinski definition) is 3. The number of carboxylic acids is 1. The summed E-state index contributed by atoms with van der Waals surface area (Å²) in [6.45, 7) is 0.648. The lowest BCUT2D eigenvalue weighted by Gasteiger charge is -2.12. The molecule has 158 valence electrons. The van der Waals surface area contributed by atoms with Crippen LogP contribution in [-0.4, -0.2) is 22.0 Å². The van der Waals surface area contributed by atoms with Crippen molar-refractivity contribution in [2.24, 2.45) is 0 Å². The molecule has 0 saturated heterocycles. The van der Waals surface area contributed by atoms with Gasteiger partial charge in [-0.3, -0.25) is 10.1 Å². The zero-order chi connectivity index (χ0) is 22.0. The van der Waals surface area contributed by atoms with E-state index in [2.05, 4.69) is 10.6 Å². The first-order valence-electron chi connectivity index (χ1n) is 9.77. The van der Waals surface area contributed by atoms with Crippen LogP contribution < -0.4 is 10.6 Å². The summed E-state index contributed by atoms with van der Waals surface area (Å²) in [7, 11) is 0. The lowest BCUT2D eigenvalue weighted by atomic mass is 10.1. The number of halogens is 1. The number of carboxylic acid groups (broad SMARTS) is 1. The molecule has 1 unspecified atom stereocenters. The highest BCUT2D eigenvalue weighted by Gasteiger charge is 2.22. The first kappa shape index (κ1) is 20.5. The van der Waals surface area contributed by atoms with E-state index in [4.69, 9.17) is 0 Å². The molecule has 1 aliphatic rings. The minimum absolute atomic E-state index is 0.159. The largest absolute Gasteiger partial charge is 0.478 e. The maximum atomic E-state index is 13.0. The number of non-ortho nitro benzene ring substituents is 1. The van der Waals surface area contributed by atoms with Gasteiger partial charge in [0.15, 0.2) is 0 Å². The summed E-state index contributed by atoms with van der Waals surface area (Å²) < 4.78 is 13.0. The fourth-order valence-corrected chi connectivity index (χ4v) is 3.79. The molecule has 0 bridgehead atoms. The Balaban J connectivity index is 1.45. The molecule has 0 saturated carbocycles. The van der Waals surface area contributed by atoms with Crippen LogP contribution in [0.5, 0.6) is 0 Å². The van der Waals surface area contributed by atoms with Gasteiger partial charge in [0.25, 0.3) is 5.69 Å². The smallest absolute Gasteiger partial charge is 0.338 e. The van der Waals surface area contributed by atoms with Gasteiger partial charge in [0, 0.05) is 30.4 Å². The third-order valence-electron chi connectivity index (χ3n) is 5.37. The Morgan fingerprint density at radius 2 is 1.81 bits per heavy atom. The molecule has 1 atom stereocenters. The number of nitro groups is 1. The van der Waals surface area contributed by atoms with Crippen molar-refractivity contribution in [1.82, 2.24) is 5.32 Å². The molecule has 0 aliphatic heterocycles. The van der Waals surface area contributed by atoms with Crippen molar-refractivity contribution < 1.29 is 19.2 Å². The Labute approximate surface area is 177 Å². The predicted molar refractivity (Wildman–Crippen MR) is 114 cm³/mol. The van der Waals surface area contributed by atoms with E-state index < -0.39 is 10.9 Å². The van der Waals surface area contributed by atoms with Gasteiger partial charge >= 0.3 is 5.97 Å². The van der Waals surface area contributed by atoms with Crippen molar-refractivity contribution in [2.45, 2.75) is 25.4 Å². The van der Waals surface area contributed by atoms with E-state index in [-0.39, 0.29) is 23.1 Å². The van der Waals surface area contributed by atoms with Crippen molar-refractivity contribution in [1.29, 1.82) is 0 Å². The molecule has 0 fully saturated rings. The molecule has 3 N–H and O–H groups in total. The van der Waals surface area contributed by atoms with Crippen LogP contribution in [0, 0.1) is 15.9 Å². The van der Waals surface area contributed by atoms with Crippen molar-refractivity contribution >= 4 is 23.0 Å². The van der Waals surface area contributed by atoms with Gasteiger partial charge in [-0.1, -0.05) is 18.2 Å². The maximum absolute atomic E-state index is 13.0. The fourth-order valence-electron chi connectivity index (χ4n) is 3.79. The van der Waals surface area contributed by atoms with E-state index >= 15 is 0 Å². The van der Waals surface area contributed by atoms with Crippen molar-refractivity contribution in [3.8, 4) is 0 Å². The van der Waals surface area contributed by atoms with E-state index in [0.29, 0.717) is 17.9 Å². The van der Waals surface area contributed by atoms with Crippen molar-refractivity contribution in [3.05, 3.63) is 98.8 Å². The number of hydrogen-bond acceptors (Lipinski definition) is 5. The quantitative estimate of drug-likeness (QED) is 0.385. The van der Waals surface area contributed by atoms with Gasteiger partial charge < -0.3 is 15.7 Å². The van der Waals surface area contributed by atoms with E-state index in [0.717, 1.165) is 30.0 Å². The van der Waals surface area contributed by atoms with Crippen LogP contribution in [-0.2, 0) is 19.4 Å². The highest BCUT2D eigenvalue weighted by Crippen LogP contribution is 2.29. The Kier molecular flexibility index (Phi) is 5.64. The third kappa shape index (κ3) is 4.70. The lowest BCUT2D eigenvalue weighted by Crippen LogP contribution is -2.28. The molecule has 0 aromatic heterocycles. The monoisotopic (exact) mass is 421 g/mol. The Bertz CT molecular complexity index is 1150. The van der Waals surface area contributed by atoms with E-state index in [1.54, 1.807) is 12.1 Å². The average molecular weight is 421 g/mol. The van der Waals surface area contributed by atoms with Gasteiger partial charge in [-0.15, -0.1) is 0 Å². The number of nitro benzene ring substituents is 1. The first-order chi connectivity index (χ1) is 14.9. The van der Waals surface area contributed by atoms with Crippen molar-refractivity contribution in [3.63, 3.8) is 0 Å². The summed E-state index contributed by atoms with van der Waals surface area (Å²) in [5.41, 5.74) is 3.96. The molecule has 0 spiro atoms. The van der Waals surface area contributed by atoms with E-state index in [9.17, 15) is 24.4 Å². The SMILES string of the molecule is O=C(O)c1cc([N+](=O)[O-])ccc1Nc1ccc2c(c1)CC(NCc1ccc(F)cc1)C2. The van der Waals surface area contributed by atoms with Crippen LogP contribution in [0.15, 0.2) is 60.7 Å². The normalized spacial score (nSPS) is 14.8. The molecular weight excluding hydrogens is 401 g/mol. The Morgan fingerprint density at radius 1 is 1.06 bits per heavy atom. The van der Waals surface area contributed by atoms with Gasteiger partial charge in [-0.05, 0) is 59.9 Å². The first-order valence-corrected chi connectivity index (χ1v) is 9.77. The number of aromatic carboxylic acids is 1. The summed E-state index contributed by atoms with van der Waals surface area (Å²) in [5, 5.41) is 26.9. The van der Waals surface area contributed by atoms with Gasteiger partial charge in [-0.25, -0.2) is 9.18 Å². The molecule has 3 aromatic carbocycles. The minimum atomic E-state index is -1.24. The van der Waals surface area contributed by atoms with Crippen LogP contribution in [0.4, 0.5) is 21.5 Å². The summed E-state index contributed by atoms with van der Waals surface area (Å²) in [6, 6.07) is 16.2. The lowest BCUT2D eigenvalue weighted by molar-refractivity contribution is -0.384. The third-order valence-corrected chi connectivity index (χ3v) is 5.37. The number of carbonyl (C=O) groups is 1. The number of nitrogens with zero attached hydrogens (tertiary/aromatic N) is 1. The summed E-state index contributed by atoms with van der Waals surface area (Å²) in [4.78, 5) is 21.8. The standard InChI is InChI=1S/C23H20FN3O4/c24-17-4-1-14(2-5-17)13-25-19-9-15-3-6-18(10-16(15)11-19)26-22-8-7-20(27(30)31)12-21(22)23(28)29/h1-8,10,12,19,25-26H,9,11,13H2,(H,28,29). The number of benzene rings is 3. The molecule has 1 aliphatic carbocycles. The summed E-state index contributed by atoms with van der Waals surface area (Å²) in [5.74, 6) is -1.49. The van der Waals surface area contributed by atoms with Crippen LogP contribution in [0.1, 0.15) is 27.0 Å². The highest BCUT2D eigenvalue weighted by molar-refractivity contribution is 5.96. The molecule has 0 amide bonds. The second kappa shape index (κ2) is 8.53. The van der Waals surface area contributed by atoms with Gasteiger partial charge in [0.2, 0.25) is 0 Å². The number of fused-ring (bicyclic) bond motifs is 1. The van der Waals surface area contributed by atoms with E-state index in [1.165, 1.54) is 29.8 Å². The Morgan fingerprint density at radius 3 is 2.52 bits per heavy atom. The molecule has 7 nitrogen and oxygen atoms in total. The number of rotatable bonds is 7. The van der Waals surface area contributed by atoms with Crippen LogP contribution >= 0.6 is 0 Å². The van der Waals surface area contributed by atoms with E-state index in [1.807, 2.05) is 18.2 Å². The minimum Gasteiger partial charge on any atom is -0.478 e. The van der Waals surface area contributed by atoms with Crippen LogP contribution in [0.25, 0.3) is 0 Å². The molecule has 0 radical (unpaired) electrons. The zero-order valence-corrected chi connectivity index (χ0v) is 16.5. The summed E-state index contributed by atoms with van der Waals surface area (Å²) >= 11 is 0. The van der Waals surface area contributed by atoms with Gasteiger partial charge in [0.05, 0.1) is 16.2 Å². The van der Waals surface area contributed by atoms with Crippen molar-refractivity contribution in [2.75, 3.05) is 5.32 Å². The molecule has 31 heavy (non-hydrogen) atoms. The topological polar surface area (TPSA) is 104 Å². The Hall–Kier alpha value is -3.78. The second-order valence-electron chi connectivity index (χ2n) is 7.51. The molecule has 4 rings (SSSR count). The van der Waals surface area contributed by atoms with Crippen LogP contribution in [0.2, 0.25) is 0 Å². The fraction of sp³-hybridized carbons (Fsp3) is 0.174. The molecule has 8 heteroatoms. The second-order valence-corrected chi connectivity index (χ2v) is 7.51. The highest BCUT2D eigenvalue weighted by atomic mass is 19.1. The maximum Gasteiger partial charge on any atom is 0.338 e. The molecule has 0 heterocycles. The zero-order valence-electron chi connectivity index (χ0n) is 16.5. The van der Waals surface area contributed by atoms with Crippen LogP contribution in [0.3, 0.4) is 0 Å². The average Bonchev–Trinajstić information content (AvgIpc) is 3.15. The van der Waals surface area contributed by atoms with Gasteiger partial charge in [-0.2, -0.15) is 0 Å². The molecular formula is C23H20FN3O4. The predicted octanol–water partition coefficient (Wildman–Crippen LogP) is 4.43. The van der Waals surface area contributed by atoms with Gasteiger partial charge in [0.1, 0.15) is 5.82 Å². The number of nitrogens with one attached hydrogen (secondary N) is 2. The molecule has 3 aromatic rings.